The first kappa shape index (κ1) is 13.3. The standard InChI is InChI=1S/C12H15Cl3N2/c1-16-6-8-2-3-17(7-8)12-5-10(14)9(13)4-11(12)15/h4-5,8,16H,2-3,6-7H2,1H3. The second-order valence-electron chi connectivity index (χ2n) is 4.38. The summed E-state index contributed by atoms with van der Waals surface area (Å²) in [5.74, 6) is 0.672. The van der Waals surface area contributed by atoms with Gasteiger partial charge in [-0.1, -0.05) is 34.8 Å². The monoisotopic (exact) mass is 292 g/mol. The molecule has 17 heavy (non-hydrogen) atoms. The molecule has 1 atom stereocenters. The van der Waals surface area contributed by atoms with Crippen LogP contribution in [-0.2, 0) is 0 Å². The molecule has 1 aliphatic rings. The molecule has 1 heterocycles. The minimum Gasteiger partial charge on any atom is -0.370 e. The maximum Gasteiger partial charge on any atom is 0.0655 e. The Bertz CT molecular complexity index is 409. The summed E-state index contributed by atoms with van der Waals surface area (Å²) in [4.78, 5) is 2.27. The molecule has 5 heteroatoms. The first-order valence-electron chi connectivity index (χ1n) is 5.66. The van der Waals surface area contributed by atoms with E-state index in [-0.39, 0.29) is 0 Å². The molecule has 1 aromatic carbocycles. The predicted octanol–water partition coefficient (Wildman–Crippen LogP) is 3.69. The Hall–Kier alpha value is -0.150. The van der Waals surface area contributed by atoms with Crippen molar-refractivity contribution in [2.24, 2.45) is 5.92 Å². The van der Waals surface area contributed by atoms with Crippen LogP contribution in [0.2, 0.25) is 15.1 Å². The predicted molar refractivity (Wildman–Crippen MR) is 75.7 cm³/mol. The Labute approximate surface area is 117 Å². The third-order valence-electron chi connectivity index (χ3n) is 3.11. The summed E-state index contributed by atoms with van der Waals surface area (Å²) in [5, 5.41) is 4.95. The number of halogens is 3. The molecule has 1 fully saturated rings. The quantitative estimate of drug-likeness (QED) is 0.855. The molecule has 94 valence electrons. The van der Waals surface area contributed by atoms with Crippen molar-refractivity contribution in [2.45, 2.75) is 6.42 Å². The molecule has 0 aliphatic carbocycles. The van der Waals surface area contributed by atoms with E-state index in [1.54, 1.807) is 6.07 Å². The fourth-order valence-electron chi connectivity index (χ4n) is 2.26. The number of anilines is 1. The van der Waals surface area contributed by atoms with Gasteiger partial charge < -0.3 is 10.2 Å². The van der Waals surface area contributed by atoms with E-state index in [0.717, 1.165) is 25.3 Å². The van der Waals surface area contributed by atoms with Crippen LogP contribution in [-0.4, -0.2) is 26.7 Å². The van der Waals surface area contributed by atoms with Crippen LogP contribution in [0.25, 0.3) is 0 Å². The lowest BCUT2D eigenvalue weighted by Gasteiger charge is -2.20. The Balaban J connectivity index is 2.16. The summed E-state index contributed by atoms with van der Waals surface area (Å²) < 4.78 is 0. The maximum absolute atomic E-state index is 6.21. The van der Waals surface area contributed by atoms with Crippen molar-refractivity contribution in [3.05, 3.63) is 27.2 Å². The third-order valence-corrected chi connectivity index (χ3v) is 4.13. The van der Waals surface area contributed by atoms with Gasteiger partial charge in [0.1, 0.15) is 0 Å². The van der Waals surface area contributed by atoms with E-state index in [1.165, 1.54) is 6.42 Å². The Kier molecular flexibility index (Phi) is 4.42. The molecule has 1 unspecified atom stereocenters. The highest BCUT2D eigenvalue weighted by atomic mass is 35.5. The summed E-state index contributed by atoms with van der Waals surface area (Å²) in [6.45, 7) is 3.07. The zero-order chi connectivity index (χ0) is 12.4. The second kappa shape index (κ2) is 5.66. The van der Waals surface area contributed by atoms with Crippen molar-refractivity contribution in [1.29, 1.82) is 0 Å². The van der Waals surface area contributed by atoms with Crippen LogP contribution in [0.5, 0.6) is 0 Å². The van der Waals surface area contributed by atoms with Gasteiger partial charge in [-0.3, -0.25) is 0 Å². The van der Waals surface area contributed by atoms with Crippen LogP contribution >= 0.6 is 34.8 Å². The summed E-state index contributed by atoms with van der Waals surface area (Å²) >= 11 is 18.2. The largest absolute Gasteiger partial charge is 0.370 e. The van der Waals surface area contributed by atoms with Crippen LogP contribution in [0.3, 0.4) is 0 Å². The fraction of sp³-hybridized carbons (Fsp3) is 0.500. The van der Waals surface area contributed by atoms with Gasteiger partial charge in [-0.25, -0.2) is 0 Å². The van der Waals surface area contributed by atoms with E-state index < -0.39 is 0 Å². The van der Waals surface area contributed by atoms with E-state index in [1.807, 2.05) is 13.1 Å². The van der Waals surface area contributed by atoms with Gasteiger partial charge in [0.05, 0.1) is 20.8 Å². The molecule has 0 amide bonds. The number of hydrogen-bond donors (Lipinski definition) is 1. The molecule has 0 aromatic heterocycles. The van der Waals surface area contributed by atoms with Gasteiger partial charge in [0.2, 0.25) is 0 Å². The zero-order valence-corrected chi connectivity index (χ0v) is 11.9. The number of nitrogens with one attached hydrogen (secondary N) is 1. The Morgan fingerprint density at radius 2 is 1.94 bits per heavy atom. The average Bonchev–Trinajstić information content (AvgIpc) is 2.72. The third kappa shape index (κ3) is 3.00. The minimum atomic E-state index is 0.506. The maximum atomic E-state index is 6.21. The first-order valence-corrected chi connectivity index (χ1v) is 6.79. The van der Waals surface area contributed by atoms with Gasteiger partial charge in [0, 0.05) is 13.1 Å². The Morgan fingerprint density at radius 3 is 2.65 bits per heavy atom. The molecule has 0 bridgehead atoms. The molecule has 0 spiro atoms. The molecular formula is C12H15Cl3N2. The van der Waals surface area contributed by atoms with Crippen molar-refractivity contribution < 1.29 is 0 Å². The van der Waals surface area contributed by atoms with Crippen LogP contribution in [0.15, 0.2) is 12.1 Å². The van der Waals surface area contributed by atoms with Gasteiger partial charge in [-0.2, -0.15) is 0 Å². The van der Waals surface area contributed by atoms with Crippen LogP contribution < -0.4 is 10.2 Å². The highest BCUT2D eigenvalue weighted by molar-refractivity contribution is 6.44. The zero-order valence-electron chi connectivity index (χ0n) is 9.64. The summed E-state index contributed by atoms with van der Waals surface area (Å²) in [5.41, 5.74) is 0.986. The van der Waals surface area contributed by atoms with E-state index in [0.29, 0.717) is 21.0 Å². The van der Waals surface area contributed by atoms with E-state index in [9.17, 15) is 0 Å². The molecule has 0 radical (unpaired) electrons. The van der Waals surface area contributed by atoms with Gasteiger partial charge >= 0.3 is 0 Å². The molecule has 1 aromatic rings. The fourth-order valence-corrected chi connectivity index (χ4v) is 2.92. The average molecular weight is 294 g/mol. The highest BCUT2D eigenvalue weighted by Crippen LogP contribution is 2.36. The van der Waals surface area contributed by atoms with Crippen molar-refractivity contribution in [2.75, 3.05) is 31.6 Å². The topological polar surface area (TPSA) is 15.3 Å². The lowest BCUT2D eigenvalue weighted by atomic mass is 10.1. The van der Waals surface area contributed by atoms with Crippen molar-refractivity contribution in [1.82, 2.24) is 5.32 Å². The normalized spacial score (nSPS) is 20.0. The lowest BCUT2D eigenvalue weighted by Crippen LogP contribution is -2.24. The number of benzene rings is 1. The SMILES string of the molecule is CNCC1CCN(c2cc(Cl)c(Cl)cc2Cl)C1. The number of rotatable bonds is 3. The molecule has 0 saturated carbocycles. The van der Waals surface area contributed by atoms with Crippen LogP contribution in [0.1, 0.15) is 6.42 Å². The van der Waals surface area contributed by atoms with Crippen LogP contribution in [0, 0.1) is 5.92 Å². The van der Waals surface area contributed by atoms with Gasteiger partial charge in [-0.05, 0) is 38.1 Å². The van der Waals surface area contributed by atoms with Gasteiger partial charge in [-0.15, -0.1) is 0 Å². The van der Waals surface area contributed by atoms with Crippen LogP contribution in [0.4, 0.5) is 5.69 Å². The molecule has 1 saturated heterocycles. The molecule has 1 aliphatic heterocycles. The van der Waals surface area contributed by atoms with Gasteiger partial charge in [0.25, 0.3) is 0 Å². The van der Waals surface area contributed by atoms with Crippen molar-refractivity contribution in [3.63, 3.8) is 0 Å². The second-order valence-corrected chi connectivity index (χ2v) is 5.60. The number of hydrogen-bond acceptors (Lipinski definition) is 2. The van der Waals surface area contributed by atoms with E-state index in [2.05, 4.69) is 10.2 Å². The highest BCUT2D eigenvalue weighted by Gasteiger charge is 2.24. The van der Waals surface area contributed by atoms with E-state index >= 15 is 0 Å². The van der Waals surface area contributed by atoms with Crippen molar-refractivity contribution >= 4 is 40.5 Å². The molecule has 1 N–H and O–H groups in total. The molecule has 2 nitrogen and oxygen atoms in total. The number of nitrogens with zero attached hydrogens (tertiary/aromatic N) is 1. The molecule has 2 rings (SSSR count). The lowest BCUT2D eigenvalue weighted by molar-refractivity contribution is 0.549. The Morgan fingerprint density at radius 1 is 1.24 bits per heavy atom. The van der Waals surface area contributed by atoms with Gasteiger partial charge in [0.15, 0.2) is 0 Å². The van der Waals surface area contributed by atoms with E-state index in [4.69, 9.17) is 34.8 Å². The minimum absolute atomic E-state index is 0.506. The smallest absolute Gasteiger partial charge is 0.0655 e. The summed E-state index contributed by atoms with van der Waals surface area (Å²) in [6.07, 6.45) is 1.18. The molecular weight excluding hydrogens is 279 g/mol. The summed E-state index contributed by atoms with van der Waals surface area (Å²) in [6, 6.07) is 3.57. The first-order chi connectivity index (χ1) is 8.11. The summed E-state index contributed by atoms with van der Waals surface area (Å²) in [7, 11) is 1.98. The van der Waals surface area contributed by atoms with Crippen molar-refractivity contribution in [3.8, 4) is 0 Å².